The van der Waals surface area contributed by atoms with Crippen molar-refractivity contribution in [2.75, 3.05) is 18.8 Å². The minimum Gasteiger partial charge on any atom is -0.351 e. The first-order chi connectivity index (χ1) is 18.1. The maximum absolute atomic E-state index is 14.0. The first kappa shape index (κ1) is 26.0. The number of hydrogen-bond donors (Lipinski definition) is 3. The number of imidazole rings is 1. The van der Waals surface area contributed by atoms with E-state index in [1.165, 1.54) is 11.1 Å². The predicted octanol–water partition coefficient (Wildman–Crippen LogP) is 2.90. The number of amides is 1. The third kappa shape index (κ3) is 4.04. The molecule has 1 amide bonds. The summed E-state index contributed by atoms with van der Waals surface area (Å²) in [5.41, 5.74) is 9.37. The van der Waals surface area contributed by atoms with E-state index in [-0.39, 0.29) is 28.5 Å². The van der Waals surface area contributed by atoms with Crippen molar-refractivity contribution in [1.82, 2.24) is 19.6 Å². The Labute approximate surface area is 226 Å². The highest BCUT2D eigenvalue weighted by molar-refractivity contribution is 7.89. The van der Waals surface area contributed by atoms with Crippen LogP contribution in [-0.4, -0.2) is 59.5 Å². The number of nitrogens with two attached hydrogens (primary N) is 1. The van der Waals surface area contributed by atoms with Crippen molar-refractivity contribution in [3.8, 4) is 0 Å². The highest BCUT2D eigenvalue weighted by Gasteiger charge is 2.66. The zero-order valence-electron chi connectivity index (χ0n) is 22.6. The molecular formula is C29H41N5O3S. The van der Waals surface area contributed by atoms with Crippen molar-refractivity contribution in [2.45, 2.75) is 82.7 Å². The van der Waals surface area contributed by atoms with Gasteiger partial charge in [0.15, 0.2) is 0 Å². The highest BCUT2D eigenvalue weighted by Crippen LogP contribution is 2.66. The number of rotatable bonds is 7. The Hall–Kier alpha value is -2.23. The SMILES string of the molecule is CC1(C)C2CC[C@@]1(CS(=O)(=O)N1CCC3(CCc4ccccc43)CC1)C(NC(=O)[C@@H](N)Cc1cnc[nH]1)C2. The summed E-state index contributed by atoms with van der Waals surface area (Å²) in [5.74, 6) is 0.268. The molecule has 2 saturated carbocycles. The van der Waals surface area contributed by atoms with Gasteiger partial charge in [-0.25, -0.2) is 17.7 Å². The number of benzene rings is 1. The van der Waals surface area contributed by atoms with Crippen LogP contribution in [-0.2, 0) is 33.1 Å². The fraction of sp³-hybridized carbons (Fsp3) is 0.655. The Kier molecular flexibility index (Phi) is 6.28. The summed E-state index contributed by atoms with van der Waals surface area (Å²) in [6.45, 7) is 5.56. The summed E-state index contributed by atoms with van der Waals surface area (Å²) in [6.07, 6.45) is 10.2. The van der Waals surface area contributed by atoms with Gasteiger partial charge < -0.3 is 16.0 Å². The normalized spacial score (nSPS) is 30.4. The quantitative estimate of drug-likeness (QED) is 0.500. The number of aryl methyl sites for hydroxylation is 1. The van der Waals surface area contributed by atoms with Gasteiger partial charge in [-0.05, 0) is 72.8 Å². The molecule has 1 aliphatic heterocycles. The van der Waals surface area contributed by atoms with Gasteiger partial charge in [0.25, 0.3) is 0 Å². The van der Waals surface area contributed by atoms with Crippen LogP contribution in [0.4, 0.5) is 0 Å². The molecule has 6 rings (SSSR count). The number of carbonyl (C=O) groups is 1. The number of piperidine rings is 1. The molecule has 4 N–H and O–H groups in total. The standard InChI is InChI=1S/C29H41N5O3S/c1-27(2)21-8-10-29(27,25(15-21)33-26(35)24(30)16-22-17-31-19-32-22)18-38(36,37)34-13-11-28(12-14-34)9-7-20-5-3-4-6-23(20)28/h3-6,17,19,21,24-25H,7-16,18,30H2,1-2H3,(H,31,32)(H,33,35)/t21?,24-,25?,29+/m0/s1. The zero-order chi connectivity index (χ0) is 26.8. The highest BCUT2D eigenvalue weighted by atomic mass is 32.2. The van der Waals surface area contributed by atoms with Crippen molar-refractivity contribution < 1.29 is 13.2 Å². The molecule has 1 saturated heterocycles. The molecule has 1 aromatic heterocycles. The van der Waals surface area contributed by atoms with Crippen molar-refractivity contribution in [1.29, 1.82) is 0 Å². The minimum atomic E-state index is -3.50. The van der Waals surface area contributed by atoms with Gasteiger partial charge in [-0.15, -0.1) is 0 Å². The molecule has 3 aliphatic carbocycles. The third-order valence-electron chi connectivity index (χ3n) is 11.1. The van der Waals surface area contributed by atoms with Crippen molar-refractivity contribution in [3.05, 3.63) is 53.6 Å². The van der Waals surface area contributed by atoms with Gasteiger partial charge in [-0.3, -0.25) is 4.79 Å². The Morgan fingerprint density at radius 3 is 2.68 bits per heavy atom. The van der Waals surface area contributed by atoms with Crippen molar-refractivity contribution in [3.63, 3.8) is 0 Å². The number of aromatic nitrogens is 2. The van der Waals surface area contributed by atoms with Crippen LogP contribution in [0.15, 0.2) is 36.8 Å². The molecule has 4 atom stereocenters. The molecule has 206 valence electrons. The average Bonchev–Trinajstić information content (AvgIpc) is 3.62. The van der Waals surface area contributed by atoms with E-state index in [2.05, 4.69) is 53.4 Å². The number of H-pyrrole nitrogens is 1. The van der Waals surface area contributed by atoms with Crippen LogP contribution < -0.4 is 11.1 Å². The molecule has 4 aliphatic rings. The van der Waals surface area contributed by atoms with Crippen molar-refractivity contribution in [2.24, 2.45) is 22.5 Å². The molecular weight excluding hydrogens is 498 g/mol. The lowest BCUT2D eigenvalue weighted by Gasteiger charge is -2.45. The number of sulfonamides is 1. The molecule has 2 unspecified atom stereocenters. The summed E-state index contributed by atoms with van der Waals surface area (Å²) in [7, 11) is -3.50. The lowest BCUT2D eigenvalue weighted by Crippen LogP contribution is -2.57. The summed E-state index contributed by atoms with van der Waals surface area (Å²) < 4.78 is 29.8. The van der Waals surface area contributed by atoms with Gasteiger partial charge in [0, 0.05) is 42.9 Å². The third-order valence-corrected chi connectivity index (χ3v) is 13.1. The van der Waals surface area contributed by atoms with E-state index in [9.17, 15) is 13.2 Å². The molecule has 9 heteroatoms. The van der Waals surface area contributed by atoms with Gasteiger partial charge in [0.05, 0.1) is 18.1 Å². The second-order valence-corrected chi connectivity index (χ2v) is 14.9. The topological polar surface area (TPSA) is 121 Å². The van der Waals surface area contributed by atoms with Crippen LogP contribution in [0.25, 0.3) is 0 Å². The molecule has 2 heterocycles. The number of nitrogens with one attached hydrogen (secondary N) is 2. The Morgan fingerprint density at radius 2 is 1.97 bits per heavy atom. The molecule has 3 fully saturated rings. The Balaban J connectivity index is 1.17. The molecule has 0 radical (unpaired) electrons. The second kappa shape index (κ2) is 9.17. The second-order valence-electron chi connectivity index (χ2n) is 12.9. The Morgan fingerprint density at radius 1 is 1.21 bits per heavy atom. The van der Waals surface area contributed by atoms with Crippen molar-refractivity contribution >= 4 is 15.9 Å². The smallest absolute Gasteiger partial charge is 0.237 e. The number of nitrogens with zero attached hydrogens (tertiary/aromatic N) is 2. The van der Waals surface area contributed by atoms with Gasteiger partial charge in [0.2, 0.25) is 15.9 Å². The van der Waals surface area contributed by atoms with Gasteiger partial charge in [-0.1, -0.05) is 38.1 Å². The van der Waals surface area contributed by atoms with E-state index in [0.717, 1.165) is 50.6 Å². The van der Waals surface area contributed by atoms with E-state index in [1.54, 1.807) is 16.8 Å². The van der Waals surface area contributed by atoms with E-state index in [4.69, 9.17) is 5.73 Å². The van der Waals surface area contributed by atoms with Gasteiger partial charge >= 0.3 is 0 Å². The molecule has 38 heavy (non-hydrogen) atoms. The largest absolute Gasteiger partial charge is 0.351 e. The van der Waals surface area contributed by atoms with E-state index < -0.39 is 21.5 Å². The fourth-order valence-corrected chi connectivity index (χ4v) is 10.8. The maximum atomic E-state index is 14.0. The first-order valence-electron chi connectivity index (χ1n) is 14.2. The lowest BCUT2D eigenvalue weighted by molar-refractivity contribution is -0.124. The zero-order valence-corrected chi connectivity index (χ0v) is 23.4. The number of hydrogen-bond acceptors (Lipinski definition) is 5. The van der Waals surface area contributed by atoms with Crippen LogP contribution in [0.1, 0.15) is 69.2 Å². The molecule has 1 aromatic carbocycles. The molecule has 8 nitrogen and oxygen atoms in total. The van der Waals surface area contributed by atoms with Crippen LogP contribution in [0.2, 0.25) is 0 Å². The molecule has 2 aromatic rings. The summed E-state index contributed by atoms with van der Waals surface area (Å²) in [5, 5.41) is 3.21. The van der Waals surface area contributed by atoms with Crippen LogP contribution in [0, 0.1) is 16.7 Å². The molecule has 2 bridgehead atoms. The maximum Gasteiger partial charge on any atom is 0.237 e. The Bertz CT molecular complexity index is 1300. The predicted molar refractivity (Wildman–Crippen MR) is 147 cm³/mol. The van der Waals surface area contributed by atoms with E-state index in [0.29, 0.717) is 25.4 Å². The number of aromatic amines is 1. The van der Waals surface area contributed by atoms with Gasteiger partial charge in [0.1, 0.15) is 0 Å². The van der Waals surface area contributed by atoms with Crippen LogP contribution >= 0.6 is 0 Å². The minimum absolute atomic E-state index is 0.0911. The fourth-order valence-electron chi connectivity index (χ4n) is 8.52. The first-order valence-corrected chi connectivity index (χ1v) is 15.8. The summed E-state index contributed by atoms with van der Waals surface area (Å²) in [4.78, 5) is 20.1. The number of carbonyl (C=O) groups excluding carboxylic acids is 1. The lowest BCUT2D eigenvalue weighted by atomic mass is 9.69. The molecule has 1 spiro atoms. The number of fused-ring (bicyclic) bond motifs is 4. The monoisotopic (exact) mass is 539 g/mol. The van der Waals surface area contributed by atoms with Crippen LogP contribution in [0.5, 0.6) is 0 Å². The van der Waals surface area contributed by atoms with E-state index >= 15 is 0 Å². The average molecular weight is 540 g/mol. The van der Waals surface area contributed by atoms with Gasteiger partial charge in [-0.2, -0.15) is 0 Å². The summed E-state index contributed by atoms with van der Waals surface area (Å²) >= 11 is 0. The van der Waals surface area contributed by atoms with Crippen LogP contribution in [0.3, 0.4) is 0 Å². The summed E-state index contributed by atoms with van der Waals surface area (Å²) in [6, 6.07) is 7.79. The van der Waals surface area contributed by atoms with E-state index in [1.807, 2.05) is 0 Å².